The van der Waals surface area contributed by atoms with Gasteiger partial charge in [0.05, 0.1) is 23.0 Å². The van der Waals surface area contributed by atoms with Gasteiger partial charge in [-0.05, 0) is 59.7 Å². The summed E-state index contributed by atoms with van der Waals surface area (Å²) in [5, 5.41) is 1.49. The fraction of sp³-hybridized carbons (Fsp3) is 0.269. The fourth-order valence-corrected chi connectivity index (χ4v) is 6.38. The van der Waals surface area contributed by atoms with Crippen molar-refractivity contribution in [3.8, 4) is 5.75 Å². The van der Waals surface area contributed by atoms with E-state index in [9.17, 15) is 18.0 Å². The molecule has 2 amide bonds. The van der Waals surface area contributed by atoms with E-state index >= 15 is 0 Å². The van der Waals surface area contributed by atoms with Gasteiger partial charge in [0.25, 0.3) is 10.0 Å². The third-order valence-electron chi connectivity index (χ3n) is 6.59. The topological polar surface area (TPSA) is 102 Å². The van der Waals surface area contributed by atoms with Gasteiger partial charge in [0.15, 0.2) is 0 Å². The summed E-state index contributed by atoms with van der Waals surface area (Å²) in [5.41, 5.74) is 1.83. The van der Waals surface area contributed by atoms with Crippen LogP contribution in [0.4, 0.5) is 0 Å². The normalized spacial score (nSPS) is 16.1. The Labute approximate surface area is 208 Å². The van der Waals surface area contributed by atoms with Crippen molar-refractivity contribution in [2.24, 2.45) is 0 Å². The molecule has 0 saturated carbocycles. The van der Waals surface area contributed by atoms with Gasteiger partial charge in [0.2, 0.25) is 11.8 Å². The number of carbonyl (C=O) groups is 2. The van der Waals surface area contributed by atoms with E-state index in [1.54, 1.807) is 29.3 Å². The van der Waals surface area contributed by atoms with E-state index in [1.165, 1.54) is 26.2 Å². The molecule has 2 aromatic heterocycles. The van der Waals surface area contributed by atoms with Crippen LogP contribution in [0.5, 0.6) is 5.75 Å². The van der Waals surface area contributed by atoms with Crippen molar-refractivity contribution in [2.45, 2.75) is 30.8 Å². The lowest BCUT2D eigenvalue weighted by molar-refractivity contribution is -0.136. The Balaban J connectivity index is 1.38. The number of methoxy groups -OCH3 is 1. The number of hydrogen-bond donors (Lipinski definition) is 0. The third-order valence-corrected chi connectivity index (χ3v) is 8.47. The molecule has 1 aliphatic rings. The molecule has 1 saturated heterocycles. The molecule has 10 heteroatoms. The van der Waals surface area contributed by atoms with Gasteiger partial charge in [-0.25, -0.2) is 12.7 Å². The molecule has 9 nitrogen and oxygen atoms in total. The average Bonchev–Trinajstić information content (AvgIpc) is 3.45. The van der Waals surface area contributed by atoms with E-state index in [4.69, 9.17) is 4.74 Å². The number of aromatic nitrogens is 2. The van der Waals surface area contributed by atoms with Crippen LogP contribution >= 0.6 is 0 Å². The van der Waals surface area contributed by atoms with Crippen LogP contribution in [0.3, 0.4) is 0 Å². The van der Waals surface area contributed by atoms with Crippen LogP contribution in [0.1, 0.15) is 13.3 Å². The fourth-order valence-electron chi connectivity index (χ4n) is 4.77. The van der Waals surface area contributed by atoms with Crippen LogP contribution in [-0.2, 0) is 26.2 Å². The standard InChI is InChI=1S/C26H26N4O5S/c1-18(31)30(36(33,34)22-8-6-19-5-7-21(35-2)16-20(19)17-22)25-10-13-29(26(25)32)15-14-28-12-9-23-24(28)4-3-11-27-23/h3-9,11-12,16-17,25H,10,13-15H2,1-2H3/t25-/m0/s1. The first kappa shape index (κ1) is 23.8. The zero-order chi connectivity index (χ0) is 25.4. The highest BCUT2D eigenvalue weighted by Crippen LogP contribution is 2.29. The average molecular weight is 507 g/mol. The molecule has 0 unspecified atom stereocenters. The number of rotatable bonds is 7. The maximum atomic E-state index is 13.6. The summed E-state index contributed by atoms with van der Waals surface area (Å²) >= 11 is 0. The van der Waals surface area contributed by atoms with Gasteiger partial charge in [-0.3, -0.25) is 14.6 Å². The first-order valence-corrected chi connectivity index (χ1v) is 13.0. The zero-order valence-electron chi connectivity index (χ0n) is 20.0. The number of pyridine rings is 1. The Morgan fingerprint density at radius 1 is 1.11 bits per heavy atom. The predicted molar refractivity (Wildman–Crippen MR) is 135 cm³/mol. The SMILES string of the molecule is COc1ccc2ccc(S(=O)(=O)N(C(C)=O)[C@H]3CCN(CCn4ccc5ncccc54)C3=O)cc2c1. The van der Waals surface area contributed by atoms with Gasteiger partial charge in [0, 0.05) is 39.0 Å². The number of ether oxygens (including phenoxy) is 1. The van der Waals surface area contributed by atoms with E-state index in [0.29, 0.717) is 30.8 Å². The number of amides is 2. The molecule has 0 aliphatic carbocycles. The number of carbonyl (C=O) groups excluding carboxylic acids is 2. The molecule has 4 aromatic rings. The van der Waals surface area contributed by atoms with Crippen molar-refractivity contribution in [3.05, 3.63) is 67.0 Å². The smallest absolute Gasteiger partial charge is 0.267 e. The van der Waals surface area contributed by atoms with Crippen LogP contribution < -0.4 is 4.74 Å². The highest BCUT2D eigenvalue weighted by atomic mass is 32.2. The molecule has 186 valence electrons. The Kier molecular flexibility index (Phi) is 6.13. The molecule has 0 N–H and O–H groups in total. The Morgan fingerprint density at radius 2 is 1.92 bits per heavy atom. The van der Waals surface area contributed by atoms with E-state index < -0.39 is 22.0 Å². The van der Waals surface area contributed by atoms with E-state index in [0.717, 1.165) is 20.7 Å². The minimum absolute atomic E-state index is 0.0454. The second kappa shape index (κ2) is 9.27. The van der Waals surface area contributed by atoms with Crippen LogP contribution in [0.25, 0.3) is 21.8 Å². The second-order valence-corrected chi connectivity index (χ2v) is 10.6. The van der Waals surface area contributed by atoms with Crippen molar-refractivity contribution >= 4 is 43.6 Å². The van der Waals surface area contributed by atoms with Crippen LogP contribution in [0, 0.1) is 0 Å². The lowest BCUT2D eigenvalue weighted by atomic mass is 10.1. The maximum Gasteiger partial charge on any atom is 0.267 e. The van der Waals surface area contributed by atoms with E-state index in [-0.39, 0.29) is 17.2 Å². The third kappa shape index (κ3) is 4.17. The van der Waals surface area contributed by atoms with Gasteiger partial charge in [0.1, 0.15) is 11.8 Å². The molecule has 36 heavy (non-hydrogen) atoms. The Hall–Kier alpha value is -3.92. The van der Waals surface area contributed by atoms with Crippen molar-refractivity contribution in [3.63, 3.8) is 0 Å². The molecule has 1 atom stereocenters. The van der Waals surface area contributed by atoms with Crippen molar-refractivity contribution < 1.29 is 22.7 Å². The summed E-state index contributed by atoms with van der Waals surface area (Å²) < 4.78 is 35.2. The molecule has 0 bridgehead atoms. The number of nitrogens with zero attached hydrogens (tertiary/aromatic N) is 4. The van der Waals surface area contributed by atoms with Crippen LogP contribution in [-0.4, -0.2) is 65.2 Å². The molecule has 2 aromatic carbocycles. The van der Waals surface area contributed by atoms with Crippen LogP contribution in [0.2, 0.25) is 0 Å². The minimum Gasteiger partial charge on any atom is -0.497 e. The number of benzene rings is 2. The molecule has 3 heterocycles. The summed E-state index contributed by atoms with van der Waals surface area (Å²) in [4.78, 5) is 31.8. The van der Waals surface area contributed by atoms with E-state index in [2.05, 4.69) is 4.98 Å². The minimum atomic E-state index is -4.26. The first-order chi connectivity index (χ1) is 17.3. The highest BCUT2D eigenvalue weighted by molar-refractivity contribution is 7.89. The van der Waals surface area contributed by atoms with Gasteiger partial charge < -0.3 is 14.2 Å². The summed E-state index contributed by atoms with van der Waals surface area (Å²) in [5.74, 6) is -0.470. The van der Waals surface area contributed by atoms with Crippen LogP contribution in [0.15, 0.2) is 71.9 Å². The lowest BCUT2D eigenvalue weighted by Crippen LogP contribution is -2.47. The molecular weight excluding hydrogens is 480 g/mol. The van der Waals surface area contributed by atoms with Gasteiger partial charge in [-0.1, -0.05) is 12.1 Å². The number of sulfonamides is 1. The molecule has 5 rings (SSSR count). The van der Waals surface area contributed by atoms with E-state index in [1.807, 2.05) is 35.0 Å². The number of hydrogen-bond acceptors (Lipinski definition) is 6. The molecule has 0 radical (unpaired) electrons. The monoisotopic (exact) mass is 506 g/mol. The number of fused-ring (bicyclic) bond motifs is 2. The van der Waals surface area contributed by atoms with Gasteiger partial charge in [-0.2, -0.15) is 0 Å². The maximum absolute atomic E-state index is 13.6. The summed E-state index contributed by atoms with van der Waals surface area (Å²) in [6.07, 6.45) is 3.88. The molecule has 1 fully saturated rings. The number of likely N-dealkylation sites (tertiary alicyclic amines) is 1. The lowest BCUT2D eigenvalue weighted by Gasteiger charge is -2.26. The van der Waals surface area contributed by atoms with Gasteiger partial charge >= 0.3 is 0 Å². The Morgan fingerprint density at radius 3 is 2.69 bits per heavy atom. The first-order valence-electron chi connectivity index (χ1n) is 11.6. The summed E-state index contributed by atoms with van der Waals surface area (Å²) in [7, 11) is -2.72. The summed E-state index contributed by atoms with van der Waals surface area (Å²) in [6, 6.07) is 14.6. The quantitative estimate of drug-likeness (QED) is 0.382. The second-order valence-electron chi connectivity index (χ2n) is 8.74. The molecule has 0 spiro atoms. The molecule has 1 aliphatic heterocycles. The summed E-state index contributed by atoms with van der Waals surface area (Å²) in [6.45, 7) is 2.48. The highest BCUT2D eigenvalue weighted by Gasteiger charge is 2.43. The van der Waals surface area contributed by atoms with Gasteiger partial charge in [-0.15, -0.1) is 0 Å². The Bertz CT molecular complexity index is 1580. The van der Waals surface area contributed by atoms with Crippen molar-refractivity contribution in [1.29, 1.82) is 0 Å². The van der Waals surface area contributed by atoms with Crippen molar-refractivity contribution in [2.75, 3.05) is 20.2 Å². The molecular formula is C26H26N4O5S. The predicted octanol–water partition coefficient (Wildman–Crippen LogP) is 3.04. The van der Waals surface area contributed by atoms with Crippen molar-refractivity contribution in [1.82, 2.24) is 18.8 Å². The zero-order valence-corrected chi connectivity index (χ0v) is 20.8. The largest absolute Gasteiger partial charge is 0.497 e.